The van der Waals surface area contributed by atoms with Crippen LogP contribution in [0.3, 0.4) is 0 Å². The van der Waals surface area contributed by atoms with Crippen LogP contribution in [0.2, 0.25) is 0 Å². The molecule has 0 spiro atoms. The van der Waals surface area contributed by atoms with Crippen molar-refractivity contribution in [2.75, 3.05) is 79.3 Å². The molecule has 0 saturated carbocycles. The maximum absolute atomic E-state index is 12.8. The third-order valence-corrected chi connectivity index (χ3v) is 17.1. The summed E-state index contributed by atoms with van der Waals surface area (Å²) < 4.78 is 52.0. The molecule has 3 aliphatic rings. The van der Waals surface area contributed by atoms with Crippen LogP contribution >= 0.6 is 0 Å². The maximum Gasteiger partial charge on any atom is 0.163 e. The van der Waals surface area contributed by atoms with Gasteiger partial charge in [0.05, 0.1) is 77.8 Å². The molecule has 0 aromatic carbocycles. The van der Waals surface area contributed by atoms with E-state index in [0.29, 0.717) is 155 Å². The Morgan fingerprint density at radius 1 is 0.315 bits per heavy atom. The summed E-state index contributed by atoms with van der Waals surface area (Å²) in [7, 11) is 0. The van der Waals surface area contributed by atoms with Gasteiger partial charge >= 0.3 is 0 Å². The number of hydrogen-bond donors (Lipinski definition) is 9. The number of carbonyl (C=O) groups is 6. The molecule has 24 heteroatoms. The molecule has 0 aromatic heterocycles. The summed E-state index contributed by atoms with van der Waals surface area (Å²) in [5.41, 5.74) is -0.658. The molecule has 89 heavy (non-hydrogen) atoms. The highest BCUT2D eigenvalue weighted by molar-refractivity contribution is 5.80. The van der Waals surface area contributed by atoms with Crippen molar-refractivity contribution < 1.29 is 117 Å². The minimum absolute atomic E-state index is 0.0515. The SMILES string of the molecule is CC1C(OCCCCC(=O)CCCCCC(=O)CCOCC(C)(COCCC(=O)CCCCCC(=O)CCCCOC2OC(CO)C(O)C(O)C2C)COCCC(=O)CCCCCC(=O)CCCCOC2OC(CO)C(O)C(O)C2C)OC(CO)C(O)C1O. The van der Waals surface area contributed by atoms with E-state index in [0.717, 1.165) is 19.3 Å². The van der Waals surface area contributed by atoms with Crippen molar-refractivity contribution in [1.82, 2.24) is 0 Å². The predicted octanol–water partition coefficient (Wildman–Crippen LogP) is 4.26. The van der Waals surface area contributed by atoms with Gasteiger partial charge in [0.1, 0.15) is 71.3 Å². The first-order valence-corrected chi connectivity index (χ1v) is 33.2. The number of carbonyl (C=O) groups excluding carboxylic acids is 6. The van der Waals surface area contributed by atoms with E-state index in [1.165, 1.54) is 0 Å². The van der Waals surface area contributed by atoms with Gasteiger partial charge in [0.2, 0.25) is 0 Å². The van der Waals surface area contributed by atoms with Crippen molar-refractivity contribution in [3.8, 4) is 0 Å². The smallest absolute Gasteiger partial charge is 0.163 e. The molecule has 24 nitrogen and oxygen atoms in total. The lowest BCUT2D eigenvalue weighted by Gasteiger charge is -2.40. The monoisotopic (exact) mass is 1280 g/mol. The van der Waals surface area contributed by atoms with E-state index >= 15 is 0 Å². The zero-order valence-electron chi connectivity index (χ0n) is 53.9. The summed E-state index contributed by atoms with van der Waals surface area (Å²) in [6.45, 7) is 7.80. The van der Waals surface area contributed by atoms with Gasteiger partial charge in [-0.1, -0.05) is 47.0 Å². The average Bonchev–Trinajstić information content (AvgIpc) is 3.38. The van der Waals surface area contributed by atoms with Crippen molar-refractivity contribution in [1.29, 1.82) is 0 Å². The number of hydrogen-bond acceptors (Lipinski definition) is 24. The first-order valence-electron chi connectivity index (χ1n) is 33.2. The molecule has 0 radical (unpaired) electrons. The number of ketones is 6. The summed E-state index contributed by atoms with van der Waals surface area (Å²) in [4.78, 5) is 75.8. The fraction of sp³-hybridized carbons (Fsp3) is 0.908. The molecule has 0 aromatic rings. The molecule has 3 rings (SSSR count). The first kappa shape index (κ1) is 80.5. The zero-order chi connectivity index (χ0) is 65.6. The summed E-state index contributed by atoms with van der Waals surface area (Å²) in [5.74, 6) is -0.878. The Bertz CT molecular complexity index is 1740. The van der Waals surface area contributed by atoms with Crippen LogP contribution in [0.1, 0.15) is 201 Å². The van der Waals surface area contributed by atoms with Crippen molar-refractivity contribution in [2.24, 2.45) is 23.2 Å². The Morgan fingerprint density at radius 3 is 0.753 bits per heavy atom. The quantitative estimate of drug-likeness (QED) is 0.0384. The number of rotatable bonds is 54. The molecule has 3 heterocycles. The molecule has 518 valence electrons. The largest absolute Gasteiger partial charge is 0.394 e. The molecule has 0 aliphatic carbocycles. The Balaban J connectivity index is 1.29. The second kappa shape index (κ2) is 46.4. The third kappa shape index (κ3) is 32.3. The number of Topliss-reactive ketones (excluding diaryl/α,β-unsaturated/α-hetero) is 6. The highest BCUT2D eigenvalue weighted by Gasteiger charge is 2.45. The number of unbranched alkanes of at least 4 members (excludes halogenated alkanes) is 9. The molecular weight excluding hydrogens is 1160 g/mol. The summed E-state index contributed by atoms with van der Waals surface area (Å²) >= 11 is 0. The van der Waals surface area contributed by atoms with Crippen LogP contribution in [0, 0.1) is 23.2 Å². The summed E-state index contributed by atoms with van der Waals surface area (Å²) in [6, 6.07) is 0. The fourth-order valence-electron chi connectivity index (χ4n) is 11.0. The van der Waals surface area contributed by atoms with Crippen LogP contribution in [0.15, 0.2) is 0 Å². The first-order chi connectivity index (χ1) is 42.6. The maximum atomic E-state index is 12.8. The lowest BCUT2D eigenvalue weighted by atomic mass is 9.92. The van der Waals surface area contributed by atoms with Gasteiger partial charge in [0, 0.05) is 120 Å². The number of aliphatic hydroxyl groups excluding tert-OH is 9. The molecule has 0 bridgehead atoms. The van der Waals surface area contributed by atoms with E-state index in [9.17, 15) is 74.7 Å². The van der Waals surface area contributed by atoms with Crippen LogP contribution in [0.4, 0.5) is 0 Å². The van der Waals surface area contributed by atoms with Crippen molar-refractivity contribution in [3.63, 3.8) is 0 Å². The number of aliphatic hydroxyl groups is 9. The summed E-state index contributed by atoms with van der Waals surface area (Å²) in [6.07, 6.45) is 2.23. The molecular formula is C65H114O24. The average molecular weight is 1280 g/mol. The molecule has 3 aliphatic heterocycles. The Morgan fingerprint density at radius 2 is 0.528 bits per heavy atom. The summed E-state index contributed by atoms with van der Waals surface area (Å²) in [5, 5.41) is 89.0. The molecule has 0 amide bonds. The van der Waals surface area contributed by atoms with Gasteiger partial charge in [-0.3, -0.25) is 28.8 Å². The predicted molar refractivity (Wildman–Crippen MR) is 324 cm³/mol. The molecule has 9 N–H and O–H groups in total. The molecule has 3 fully saturated rings. The van der Waals surface area contributed by atoms with Crippen molar-refractivity contribution >= 4 is 34.7 Å². The molecule has 15 atom stereocenters. The van der Waals surface area contributed by atoms with E-state index in [4.69, 9.17) is 42.6 Å². The van der Waals surface area contributed by atoms with E-state index in [1.807, 2.05) is 6.92 Å². The Hall–Kier alpha value is -2.70. The van der Waals surface area contributed by atoms with Crippen molar-refractivity contribution in [2.45, 2.75) is 275 Å². The molecule has 3 saturated heterocycles. The van der Waals surface area contributed by atoms with E-state index in [1.54, 1.807) is 20.8 Å². The molecule has 15 unspecified atom stereocenters. The van der Waals surface area contributed by atoms with Crippen LogP contribution < -0.4 is 0 Å². The van der Waals surface area contributed by atoms with E-state index < -0.39 is 117 Å². The van der Waals surface area contributed by atoms with Crippen LogP contribution in [0.25, 0.3) is 0 Å². The minimum Gasteiger partial charge on any atom is -0.394 e. The fourth-order valence-corrected chi connectivity index (χ4v) is 11.0. The second-order valence-corrected chi connectivity index (χ2v) is 25.3. The lowest BCUT2D eigenvalue weighted by Crippen LogP contribution is -2.55. The van der Waals surface area contributed by atoms with Crippen molar-refractivity contribution in [3.05, 3.63) is 0 Å². The van der Waals surface area contributed by atoms with Gasteiger partial charge in [-0.2, -0.15) is 0 Å². The topological polar surface area (TPSA) is 368 Å². The van der Waals surface area contributed by atoms with Gasteiger partial charge in [0.25, 0.3) is 0 Å². The number of ether oxygens (including phenoxy) is 9. The van der Waals surface area contributed by atoms with Gasteiger partial charge < -0.3 is 88.6 Å². The second-order valence-electron chi connectivity index (χ2n) is 25.3. The van der Waals surface area contributed by atoms with Crippen LogP contribution in [-0.2, 0) is 71.4 Å². The minimum atomic E-state index is -1.19. The Labute approximate surface area is 527 Å². The Kier molecular flexibility index (Phi) is 42.0. The van der Waals surface area contributed by atoms with Gasteiger partial charge in [-0.25, -0.2) is 0 Å². The van der Waals surface area contributed by atoms with Gasteiger partial charge in [0.15, 0.2) is 18.9 Å². The van der Waals surface area contributed by atoms with E-state index in [-0.39, 0.29) is 93.6 Å². The van der Waals surface area contributed by atoms with Crippen LogP contribution in [0.5, 0.6) is 0 Å². The van der Waals surface area contributed by atoms with Crippen LogP contribution in [-0.4, -0.2) is 234 Å². The van der Waals surface area contributed by atoms with Gasteiger partial charge in [-0.15, -0.1) is 0 Å². The highest BCUT2D eigenvalue weighted by Crippen LogP contribution is 2.30. The van der Waals surface area contributed by atoms with Gasteiger partial charge in [-0.05, 0) is 77.0 Å². The normalized spacial score (nSPS) is 27.9. The third-order valence-electron chi connectivity index (χ3n) is 17.1. The highest BCUT2D eigenvalue weighted by atomic mass is 16.7. The zero-order valence-corrected chi connectivity index (χ0v) is 53.9. The lowest BCUT2D eigenvalue weighted by molar-refractivity contribution is -0.282. The van der Waals surface area contributed by atoms with E-state index in [2.05, 4.69) is 0 Å². The standard InChI is InChI=1S/C65H114O24/c1-44-56(75)59(78)53(38-66)87-62(44)84-32-17-14-26-47(69)20-8-5-11-23-50(72)29-35-81-41-65(4,42-82-36-30-51(73)24-12-6-9-21-48(70)27-15-18-33-85-63-45(2)57(76)60(79)54(39-67)88-63)43-83-37-31-52(74)25-13-7-10-22-49(71)28-16-19-34-86-64-46(3)58(77)61(80)55(40-68)89-64/h44-46,53-64,66-68,75-80H,5-43H2,1-4H3.